The smallest absolute Gasteiger partial charge is 0.157 e. The van der Waals surface area contributed by atoms with Crippen LogP contribution in [0.15, 0.2) is 30.3 Å². The minimum atomic E-state index is 0.440. The van der Waals surface area contributed by atoms with E-state index < -0.39 is 0 Å². The lowest BCUT2D eigenvalue weighted by atomic mass is 10.1. The van der Waals surface area contributed by atoms with E-state index in [0.717, 1.165) is 5.69 Å². The molecule has 0 aliphatic heterocycles. The Labute approximate surface area is 112 Å². The predicted octanol–water partition coefficient (Wildman–Crippen LogP) is 3.70. The minimum Gasteiger partial charge on any atom is -0.396 e. The van der Waals surface area contributed by atoms with E-state index in [1.807, 2.05) is 11.9 Å². The topological polar surface area (TPSA) is 42.2 Å². The highest BCUT2D eigenvalue weighted by atomic mass is 35.5. The molecule has 3 nitrogen and oxygen atoms in total. The number of benzene rings is 1. The second kappa shape index (κ2) is 4.86. The van der Waals surface area contributed by atoms with Crippen molar-refractivity contribution >= 4 is 28.8 Å². The zero-order valence-corrected chi connectivity index (χ0v) is 11.5. The van der Waals surface area contributed by atoms with Crippen LogP contribution in [-0.2, 0) is 0 Å². The lowest BCUT2D eigenvalue weighted by Crippen LogP contribution is -2.13. The zero-order valence-electron chi connectivity index (χ0n) is 10.7. The van der Waals surface area contributed by atoms with Gasteiger partial charge in [-0.1, -0.05) is 17.7 Å². The molecule has 2 N–H and O–H groups in total. The Morgan fingerprint density at radius 2 is 1.72 bits per heavy atom. The molecule has 0 unspecified atom stereocenters. The maximum atomic E-state index is 5.94. The number of hydrogen-bond donors (Lipinski definition) is 1. The second-order valence-electron chi connectivity index (χ2n) is 4.45. The van der Waals surface area contributed by atoms with Gasteiger partial charge in [-0.15, -0.1) is 0 Å². The standard InChI is InChI=1S/C14H16ClN3/c1-9-6-10(2)8-11(7-9)18(3)14-12(16)4-5-13(15)17-14/h4-8H,16H2,1-3H3. The molecule has 1 aromatic carbocycles. The summed E-state index contributed by atoms with van der Waals surface area (Å²) in [4.78, 5) is 6.22. The van der Waals surface area contributed by atoms with Gasteiger partial charge in [-0.2, -0.15) is 0 Å². The van der Waals surface area contributed by atoms with E-state index in [1.54, 1.807) is 12.1 Å². The highest BCUT2D eigenvalue weighted by Crippen LogP contribution is 2.29. The highest BCUT2D eigenvalue weighted by Gasteiger charge is 2.10. The van der Waals surface area contributed by atoms with Crippen molar-refractivity contribution in [2.45, 2.75) is 13.8 Å². The average molecular weight is 262 g/mol. The largest absolute Gasteiger partial charge is 0.396 e. The van der Waals surface area contributed by atoms with Crippen LogP contribution in [0.5, 0.6) is 0 Å². The molecular weight excluding hydrogens is 246 g/mol. The molecular formula is C14H16ClN3. The van der Waals surface area contributed by atoms with Crippen molar-refractivity contribution in [3.63, 3.8) is 0 Å². The van der Waals surface area contributed by atoms with Gasteiger partial charge in [0.15, 0.2) is 5.82 Å². The van der Waals surface area contributed by atoms with E-state index >= 15 is 0 Å². The summed E-state index contributed by atoms with van der Waals surface area (Å²) in [5.41, 5.74) is 10.0. The molecule has 0 saturated carbocycles. The summed E-state index contributed by atoms with van der Waals surface area (Å²) in [6.45, 7) is 4.14. The molecule has 0 spiro atoms. The summed E-state index contributed by atoms with van der Waals surface area (Å²) in [6.07, 6.45) is 0. The summed E-state index contributed by atoms with van der Waals surface area (Å²) in [7, 11) is 1.93. The Kier molecular flexibility index (Phi) is 3.43. The zero-order chi connectivity index (χ0) is 13.3. The monoisotopic (exact) mass is 261 g/mol. The van der Waals surface area contributed by atoms with Crippen LogP contribution in [0.1, 0.15) is 11.1 Å². The van der Waals surface area contributed by atoms with Gasteiger partial charge in [-0.3, -0.25) is 0 Å². The van der Waals surface area contributed by atoms with Crippen molar-refractivity contribution in [2.75, 3.05) is 17.7 Å². The number of rotatable bonds is 2. The fourth-order valence-corrected chi connectivity index (χ4v) is 2.11. The molecule has 0 aliphatic carbocycles. The summed E-state index contributed by atoms with van der Waals surface area (Å²) >= 11 is 5.92. The van der Waals surface area contributed by atoms with Crippen molar-refractivity contribution < 1.29 is 0 Å². The molecule has 0 fully saturated rings. The van der Waals surface area contributed by atoms with Gasteiger partial charge in [-0.05, 0) is 49.2 Å². The second-order valence-corrected chi connectivity index (χ2v) is 4.84. The van der Waals surface area contributed by atoms with E-state index in [9.17, 15) is 0 Å². The molecule has 0 bridgehead atoms. The van der Waals surface area contributed by atoms with Gasteiger partial charge >= 0.3 is 0 Å². The predicted molar refractivity (Wildman–Crippen MR) is 77.6 cm³/mol. The van der Waals surface area contributed by atoms with Gasteiger partial charge in [0.2, 0.25) is 0 Å². The van der Waals surface area contributed by atoms with E-state index in [1.165, 1.54) is 11.1 Å². The van der Waals surface area contributed by atoms with Crippen molar-refractivity contribution in [1.29, 1.82) is 0 Å². The summed E-state index contributed by atoms with van der Waals surface area (Å²) in [5.74, 6) is 0.674. The van der Waals surface area contributed by atoms with Crippen molar-refractivity contribution in [2.24, 2.45) is 0 Å². The number of hydrogen-bond acceptors (Lipinski definition) is 3. The molecule has 0 saturated heterocycles. The third-order valence-electron chi connectivity index (χ3n) is 2.78. The first kappa shape index (κ1) is 12.7. The van der Waals surface area contributed by atoms with Gasteiger partial charge in [0, 0.05) is 12.7 Å². The SMILES string of the molecule is Cc1cc(C)cc(N(C)c2nc(Cl)ccc2N)c1. The molecule has 1 aromatic heterocycles. The van der Waals surface area contributed by atoms with E-state index in [4.69, 9.17) is 17.3 Å². The van der Waals surface area contributed by atoms with Gasteiger partial charge in [0.25, 0.3) is 0 Å². The Morgan fingerprint density at radius 1 is 1.11 bits per heavy atom. The lowest BCUT2D eigenvalue weighted by Gasteiger charge is -2.21. The molecule has 0 amide bonds. The van der Waals surface area contributed by atoms with Crippen LogP contribution in [-0.4, -0.2) is 12.0 Å². The first-order chi connectivity index (χ1) is 8.47. The molecule has 0 aliphatic rings. The van der Waals surface area contributed by atoms with Crippen LogP contribution in [0.2, 0.25) is 5.15 Å². The third kappa shape index (κ3) is 2.57. The molecule has 94 valence electrons. The first-order valence-corrected chi connectivity index (χ1v) is 6.09. The summed E-state index contributed by atoms with van der Waals surface area (Å²) in [5, 5.41) is 0.440. The number of aromatic nitrogens is 1. The highest BCUT2D eigenvalue weighted by molar-refractivity contribution is 6.29. The van der Waals surface area contributed by atoms with Crippen LogP contribution in [0.4, 0.5) is 17.2 Å². The summed E-state index contributed by atoms with van der Waals surface area (Å²) < 4.78 is 0. The third-order valence-corrected chi connectivity index (χ3v) is 2.99. The fourth-order valence-electron chi connectivity index (χ4n) is 1.97. The fraction of sp³-hybridized carbons (Fsp3) is 0.214. The van der Waals surface area contributed by atoms with Gasteiger partial charge in [-0.25, -0.2) is 4.98 Å². The van der Waals surface area contributed by atoms with Crippen molar-refractivity contribution in [1.82, 2.24) is 4.98 Å². The maximum Gasteiger partial charge on any atom is 0.157 e. The number of nitrogens with two attached hydrogens (primary N) is 1. The van der Waals surface area contributed by atoms with E-state index in [0.29, 0.717) is 16.7 Å². The number of nitrogen functional groups attached to an aromatic ring is 1. The Hall–Kier alpha value is -1.74. The van der Waals surface area contributed by atoms with Crippen LogP contribution < -0.4 is 10.6 Å². The number of halogens is 1. The molecule has 1 heterocycles. The molecule has 2 aromatic rings. The van der Waals surface area contributed by atoms with Crippen molar-refractivity contribution in [3.8, 4) is 0 Å². The molecule has 0 atom stereocenters. The number of nitrogens with zero attached hydrogens (tertiary/aromatic N) is 2. The normalized spacial score (nSPS) is 10.4. The number of aryl methyl sites for hydroxylation is 2. The van der Waals surface area contributed by atoms with Gasteiger partial charge in [0.1, 0.15) is 5.15 Å². The molecule has 2 rings (SSSR count). The van der Waals surface area contributed by atoms with Gasteiger partial charge in [0.05, 0.1) is 5.69 Å². The van der Waals surface area contributed by atoms with Crippen LogP contribution in [0.25, 0.3) is 0 Å². The minimum absolute atomic E-state index is 0.440. The Balaban J connectivity index is 2.47. The van der Waals surface area contributed by atoms with E-state index in [-0.39, 0.29) is 0 Å². The number of pyridine rings is 1. The average Bonchev–Trinajstić information content (AvgIpc) is 2.30. The summed E-state index contributed by atoms with van der Waals surface area (Å²) in [6, 6.07) is 9.77. The van der Waals surface area contributed by atoms with Gasteiger partial charge < -0.3 is 10.6 Å². The van der Waals surface area contributed by atoms with Crippen molar-refractivity contribution in [3.05, 3.63) is 46.6 Å². The maximum absolute atomic E-state index is 5.94. The Morgan fingerprint density at radius 3 is 2.33 bits per heavy atom. The van der Waals surface area contributed by atoms with Crippen LogP contribution in [0.3, 0.4) is 0 Å². The molecule has 0 radical (unpaired) electrons. The lowest BCUT2D eigenvalue weighted by molar-refractivity contribution is 1.12. The molecule has 18 heavy (non-hydrogen) atoms. The van der Waals surface area contributed by atoms with Crippen LogP contribution >= 0.6 is 11.6 Å². The molecule has 4 heteroatoms. The Bertz CT molecular complexity index is 561. The van der Waals surface area contributed by atoms with E-state index in [2.05, 4.69) is 37.0 Å². The number of anilines is 3. The first-order valence-electron chi connectivity index (χ1n) is 5.71. The van der Waals surface area contributed by atoms with Crippen LogP contribution in [0, 0.1) is 13.8 Å². The quantitative estimate of drug-likeness (QED) is 0.838.